The summed E-state index contributed by atoms with van der Waals surface area (Å²) in [5.74, 6) is 0.0633. The fraction of sp³-hybridized carbons (Fsp3) is 0.810. The Hall–Kier alpha value is -1.18. The van der Waals surface area contributed by atoms with E-state index in [2.05, 4.69) is 24.1 Å². The maximum absolute atomic E-state index is 13.0. The van der Waals surface area contributed by atoms with Gasteiger partial charge >= 0.3 is 0 Å². The van der Waals surface area contributed by atoms with Gasteiger partial charge in [0.2, 0.25) is 0 Å². The average Bonchev–Trinajstić information content (AvgIpc) is 3.38. The highest BCUT2D eigenvalue weighted by molar-refractivity contribution is 7.15. The van der Waals surface area contributed by atoms with Gasteiger partial charge in [0.1, 0.15) is 6.10 Å². The Morgan fingerprint density at radius 2 is 1.89 bits per heavy atom. The molecule has 7 heteroatoms. The molecule has 1 saturated carbocycles. The van der Waals surface area contributed by atoms with Crippen molar-refractivity contribution in [2.45, 2.75) is 82.5 Å². The van der Waals surface area contributed by atoms with Gasteiger partial charge in [0.15, 0.2) is 5.13 Å². The lowest BCUT2D eigenvalue weighted by molar-refractivity contribution is -0.145. The van der Waals surface area contributed by atoms with Crippen LogP contribution in [-0.4, -0.2) is 58.7 Å². The third-order valence-electron chi connectivity index (χ3n) is 7.26. The molecule has 5 rings (SSSR count). The molecule has 0 aromatic carbocycles. The van der Waals surface area contributed by atoms with Gasteiger partial charge in [0.05, 0.1) is 12.2 Å². The molecule has 1 aromatic heterocycles. The number of nitrogens with one attached hydrogen (secondary N) is 1. The monoisotopic (exact) mass is 404 g/mol. The predicted octanol–water partition coefficient (Wildman–Crippen LogP) is 2.25. The molecule has 4 heterocycles. The molecule has 1 amide bonds. The third-order valence-corrected chi connectivity index (χ3v) is 8.31. The number of anilines is 1. The lowest BCUT2D eigenvalue weighted by Gasteiger charge is -2.38. The van der Waals surface area contributed by atoms with E-state index in [1.54, 1.807) is 11.3 Å². The molecule has 2 saturated heterocycles. The van der Waals surface area contributed by atoms with Gasteiger partial charge in [-0.05, 0) is 31.6 Å². The topological polar surface area (TPSA) is 68.7 Å². The molecule has 3 aliphatic heterocycles. The molecule has 28 heavy (non-hydrogen) atoms. The number of hydrogen-bond donors (Lipinski definition) is 2. The van der Waals surface area contributed by atoms with Gasteiger partial charge in [-0.2, -0.15) is 0 Å². The predicted molar refractivity (Wildman–Crippen MR) is 111 cm³/mol. The van der Waals surface area contributed by atoms with Crippen molar-refractivity contribution in [3.05, 3.63) is 10.6 Å². The molecular formula is C21H32N4O2S. The summed E-state index contributed by atoms with van der Waals surface area (Å²) >= 11 is 1.77. The van der Waals surface area contributed by atoms with Crippen molar-refractivity contribution in [2.75, 3.05) is 24.5 Å². The molecule has 3 fully saturated rings. The van der Waals surface area contributed by atoms with Gasteiger partial charge < -0.3 is 20.2 Å². The molecule has 2 N–H and O–H groups in total. The number of piperazine rings is 1. The zero-order chi connectivity index (χ0) is 19.5. The Morgan fingerprint density at radius 1 is 1.21 bits per heavy atom. The maximum atomic E-state index is 13.0. The number of aliphatic hydroxyl groups excluding tert-OH is 1. The van der Waals surface area contributed by atoms with Crippen molar-refractivity contribution in [1.82, 2.24) is 15.2 Å². The van der Waals surface area contributed by atoms with E-state index in [0.29, 0.717) is 25.2 Å². The van der Waals surface area contributed by atoms with Gasteiger partial charge in [-0.3, -0.25) is 4.79 Å². The van der Waals surface area contributed by atoms with Crippen molar-refractivity contribution in [3.8, 4) is 0 Å². The van der Waals surface area contributed by atoms with E-state index in [-0.39, 0.29) is 17.2 Å². The zero-order valence-corrected chi connectivity index (χ0v) is 17.8. The van der Waals surface area contributed by atoms with Crippen molar-refractivity contribution < 1.29 is 9.90 Å². The number of aliphatic hydroxyl groups is 1. The maximum Gasteiger partial charge on any atom is 0.252 e. The minimum atomic E-state index is -0.837. The molecule has 1 aromatic rings. The van der Waals surface area contributed by atoms with Crippen molar-refractivity contribution in [1.29, 1.82) is 0 Å². The van der Waals surface area contributed by atoms with Crippen molar-refractivity contribution in [2.24, 2.45) is 5.92 Å². The van der Waals surface area contributed by atoms with Crippen LogP contribution < -0.4 is 10.2 Å². The first-order valence-electron chi connectivity index (χ1n) is 10.9. The highest BCUT2D eigenvalue weighted by Gasteiger charge is 2.43. The Labute approximate surface area is 171 Å². The van der Waals surface area contributed by atoms with E-state index in [1.807, 2.05) is 4.90 Å². The van der Waals surface area contributed by atoms with Crippen LogP contribution in [0.3, 0.4) is 0 Å². The second kappa shape index (κ2) is 6.96. The van der Waals surface area contributed by atoms with E-state index in [0.717, 1.165) is 49.6 Å². The Balaban J connectivity index is 1.39. The van der Waals surface area contributed by atoms with E-state index in [4.69, 9.17) is 4.98 Å². The summed E-state index contributed by atoms with van der Waals surface area (Å²) in [7, 11) is 0. The van der Waals surface area contributed by atoms with Crippen molar-refractivity contribution in [3.63, 3.8) is 0 Å². The minimum Gasteiger partial charge on any atom is -0.383 e. The van der Waals surface area contributed by atoms with Crippen molar-refractivity contribution >= 4 is 22.4 Å². The van der Waals surface area contributed by atoms with E-state index in [1.165, 1.54) is 17.7 Å². The quantitative estimate of drug-likeness (QED) is 0.809. The van der Waals surface area contributed by atoms with Gasteiger partial charge in [0, 0.05) is 42.0 Å². The highest BCUT2D eigenvalue weighted by atomic mass is 32.1. The molecule has 2 bridgehead atoms. The summed E-state index contributed by atoms with van der Waals surface area (Å²) in [5.41, 5.74) is 0.977. The molecule has 0 spiro atoms. The van der Waals surface area contributed by atoms with Crippen LogP contribution >= 0.6 is 11.3 Å². The second-order valence-corrected chi connectivity index (χ2v) is 10.8. The lowest BCUT2D eigenvalue weighted by atomic mass is 9.84. The van der Waals surface area contributed by atoms with Gasteiger partial charge in [-0.1, -0.05) is 38.0 Å². The third kappa shape index (κ3) is 3.06. The van der Waals surface area contributed by atoms with Crippen LogP contribution in [0.25, 0.3) is 0 Å². The Morgan fingerprint density at radius 3 is 2.57 bits per heavy atom. The molecule has 0 radical (unpaired) electrons. The van der Waals surface area contributed by atoms with Crippen LogP contribution in [0.1, 0.15) is 62.9 Å². The van der Waals surface area contributed by atoms with E-state index >= 15 is 0 Å². The number of hydrogen-bond acceptors (Lipinski definition) is 6. The largest absolute Gasteiger partial charge is 0.383 e. The molecule has 2 unspecified atom stereocenters. The van der Waals surface area contributed by atoms with Gasteiger partial charge in [-0.25, -0.2) is 4.98 Å². The molecule has 4 aliphatic rings. The number of carbonyl (C=O) groups excluding carboxylic acids is 1. The number of aromatic nitrogens is 1. The summed E-state index contributed by atoms with van der Waals surface area (Å²) < 4.78 is 0. The van der Waals surface area contributed by atoms with E-state index in [9.17, 15) is 9.90 Å². The molecule has 154 valence electrons. The molecule has 3 atom stereocenters. The smallest absolute Gasteiger partial charge is 0.252 e. The number of amides is 1. The van der Waals surface area contributed by atoms with Crippen LogP contribution in [-0.2, 0) is 16.8 Å². The summed E-state index contributed by atoms with van der Waals surface area (Å²) in [5, 5.41) is 15.3. The minimum absolute atomic E-state index is 0.0807. The number of rotatable bonds is 3. The summed E-state index contributed by atoms with van der Waals surface area (Å²) in [6.07, 6.45) is 5.87. The Kier molecular flexibility index (Phi) is 4.68. The first-order valence-corrected chi connectivity index (χ1v) is 11.7. The fourth-order valence-corrected chi connectivity index (χ4v) is 7.18. The number of carbonyl (C=O) groups is 1. The first-order chi connectivity index (χ1) is 13.4. The highest BCUT2D eigenvalue weighted by Crippen LogP contribution is 2.43. The Bertz CT molecular complexity index is 742. The van der Waals surface area contributed by atoms with Crippen LogP contribution in [0.5, 0.6) is 0 Å². The lowest BCUT2D eigenvalue weighted by Crippen LogP contribution is -2.52. The summed E-state index contributed by atoms with van der Waals surface area (Å²) in [6, 6.07) is 1.10. The van der Waals surface area contributed by atoms with Crippen LogP contribution in [0.15, 0.2) is 0 Å². The number of thiazole rings is 1. The fourth-order valence-electron chi connectivity index (χ4n) is 5.78. The SMILES string of the molecule is CC1(C)CN(C(=O)[C@H](O)C2CCCC2)Cc2sc(N3C4CCC3CNC4)nc21. The number of nitrogens with zero attached hydrogens (tertiary/aromatic N) is 3. The standard InChI is InChI=1S/C21H32N4O2S/c1-21(2)12-24(19(27)17(26)13-5-3-4-6-13)11-16-18(21)23-20(28-16)25-14-7-8-15(25)10-22-9-14/h13-15,17,22,26H,3-12H2,1-2H3/t14?,15?,17-/m1/s1. The molecule has 1 aliphatic carbocycles. The second-order valence-electron chi connectivity index (χ2n) is 9.79. The van der Waals surface area contributed by atoms with Crippen LogP contribution in [0.4, 0.5) is 5.13 Å². The average molecular weight is 405 g/mol. The number of fused-ring (bicyclic) bond motifs is 3. The summed E-state index contributed by atoms with van der Waals surface area (Å²) in [4.78, 5) is 23.8. The van der Waals surface area contributed by atoms with E-state index < -0.39 is 6.10 Å². The van der Waals surface area contributed by atoms with Gasteiger partial charge in [0.25, 0.3) is 5.91 Å². The van der Waals surface area contributed by atoms with Crippen LogP contribution in [0.2, 0.25) is 0 Å². The normalized spacial score (nSPS) is 30.5. The zero-order valence-electron chi connectivity index (χ0n) is 17.0. The first kappa shape index (κ1) is 18.8. The molecular weight excluding hydrogens is 372 g/mol. The molecule has 6 nitrogen and oxygen atoms in total. The summed E-state index contributed by atoms with van der Waals surface area (Å²) in [6.45, 7) is 7.69. The van der Waals surface area contributed by atoms with Crippen LogP contribution in [0, 0.1) is 5.92 Å². The van der Waals surface area contributed by atoms with Gasteiger partial charge in [-0.15, -0.1) is 0 Å².